The monoisotopic (exact) mass is 366 g/mol. The molecule has 2 aromatic rings. The highest BCUT2D eigenvalue weighted by atomic mass is 16.6. The van der Waals surface area contributed by atoms with E-state index in [0.717, 1.165) is 5.56 Å². The number of nitrogens with zero attached hydrogens (tertiary/aromatic N) is 1. The Kier molecular flexibility index (Phi) is 6.60. The fourth-order valence-electron chi connectivity index (χ4n) is 2.12. The number of benzene rings is 2. The lowest BCUT2D eigenvalue weighted by molar-refractivity contribution is -0.384. The molecular formula is C20H18N2O5. The van der Waals surface area contributed by atoms with Crippen molar-refractivity contribution in [3.8, 4) is 0 Å². The van der Waals surface area contributed by atoms with Crippen molar-refractivity contribution in [1.82, 2.24) is 5.32 Å². The van der Waals surface area contributed by atoms with Gasteiger partial charge in [-0.15, -0.1) is 0 Å². The third-order valence-electron chi connectivity index (χ3n) is 3.53. The van der Waals surface area contributed by atoms with Crippen molar-refractivity contribution in [2.75, 3.05) is 6.61 Å². The van der Waals surface area contributed by atoms with Crippen LogP contribution in [-0.2, 0) is 9.53 Å². The minimum atomic E-state index is -0.742. The number of ether oxygens (including phenoxy) is 1. The minimum absolute atomic E-state index is 0.0170. The molecule has 0 heterocycles. The van der Waals surface area contributed by atoms with Crippen molar-refractivity contribution in [2.24, 2.45) is 0 Å². The van der Waals surface area contributed by atoms with E-state index in [1.54, 1.807) is 24.3 Å². The van der Waals surface area contributed by atoms with E-state index in [2.05, 4.69) is 11.9 Å². The van der Waals surface area contributed by atoms with E-state index in [1.165, 1.54) is 36.4 Å². The molecule has 27 heavy (non-hydrogen) atoms. The highest BCUT2D eigenvalue weighted by molar-refractivity contribution is 6.03. The highest BCUT2D eigenvalue weighted by Gasteiger charge is 2.16. The second kappa shape index (κ2) is 9.10. The molecule has 2 rings (SSSR count). The number of carbonyl (C=O) groups excluding carboxylic acids is 2. The number of non-ortho nitro benzene ring substituents is 1. The van der Waals surface area contributed by atoms with Gasteiger partial charge < -0.3 is 10.1 Å². The number of amides is 1. The lowest BCUT2D eigenvalue weighted by atomic mass is 10.1. The molecule has 7 nitrogen and oxygen atoms in total. The lowest BCUT2D eigenvalue weighted by Gasteiger charge is -2.10. The van der Waals surface area contributed by atoms with Crippen LogP contribution in [0.5, 0.6) is 0 Å². The molecule has 0 aliphatic carbocycles. The topological polar surface area (TPSA) is 98.5 Å². The fourth-order valence-corrected chi connectivity index (χ4v) is 2.12. The smallest absolute Gasteiger partial charge is 0.355 e. The van der Waals surface area contributed by atoms with Gasteiger partial charge >= 0.3 is 5.97 Å². The molecule has 0 aliphatic rings. The van der Waals surface area contributed by atoms with Crippen LogP contribution in [0.2, 0.25) is 0 Å². The van der Waals surface area contributed by atoms with Gasteiger partial charge in [-0.2, -0.15) is 0 Å². The number of nitrogens with one attached hydrogen (secondary N) is 1. The molecule has 7 heteroatoms. The molecule has 0 bridgehead atoms. The van der Waals surface area contributed by atoms with Gasteiger partial charge in [0.25, 0.3) is 11.6 Å². The van der Waals surface area contributed by atoms with E-state index in [4.69, 9.17) is 4.74 Å². The zero-order chi connectivity index (χ0) is 19.8. The molecule has 0 aromatic heterocycles. The summed E-state index contributed by atoms with van der Waals surface area (Å²) in [6, 6.07) is 12.4. The SMILES string of the molecule is C=CCOC(=O)C(=Cc1ccc([N+](=O)[O-])cc1)NC(=O)c1ccc(C)cc1. The second-order valence-corrected chi connectivity index (χ2v) is 5.61. The molecule has 0 radical (unpaired) electrons. The number of nitro benzene ring substituents is 1. The van der Waals surface area contributed by atoms with Gasteiger partial charge in [0.2, 0.25) is 0 Å². The van der Waals surface area contributed by atoms with Crippen LogP contribution in [-0.4, -0.2) is 23.4 Å². The van der Waals surface area contributed by atoms with Crippen molar-refractivity contribution < 1.29 is 19.2 Å². The molecule has 0 saturated carbocycles. The first-order valence-electron chi connectivity index (χ1n) is 8.03. The van der Waals surface area contributed by atoms with Crippen molar-refractivity contribution in [3.05, 3.63) is 93.7 Å². The summed E-state index contributed by atoms with van der Waals surface area (Å²) in [4.78, 5) is 34.9. The van der Waals surface area contributed by atoms with Gasteiger partial charge in [-0.3, -0.25) is 14.9 Å². The normalized spacial score (nSPS) is 10.8. The summed E-state index contributed by atoms with van der Waals surface area (Å²) in [6.45, 7) is 5.35. The first-order valence-corrected chi connectivity index (χ1v) is 8.03. The molecular weight excluding hydrogens is 348 g/mol. The Labute approximate surface area is 156 Å². The largest absolute Gasteiger partial charge is 0.457 e. The van der Waals surface area contributed by atoms with E-state index in [9.17, 15) is 19.7 Å². The molecule has 1 amide bonds. The quantitative estimate of drug-likeness (QED) is 0.266. The Balaban J connectivity index is 2.28. The number of esters is 1. The van der Waals surface area contributed by atoms with E-state index < -0.39 is 16.8 Å². The molecule has 0 aliphatic heterocycles. The number of nitro groups is 1. The molecule has 0 fully saturated rings. The van der Waals surface area contributed by atoms with Crippen molar-refractivity contribution in [1.29, 1.82) is 0 Å². The maximum absolute atomic E-state index is 12.4. The molecule has 0 spiro atoms. The summed E-state index contributed by atoms with van der Waals surface area (Å²) >= 11 is 0. The predicted molar refractivity (Wildman–Crippen MR) is 101 cm³/mol. The summed E-state index contributed by atoms with van der Waals surface area (Å²) in [6.07, 6.45) is 2.80. The van der Waals surface area contributed by atoms with Crippen molar-refractivity contribution in [3.63, 3.8) is 0 Å². The summed E-state index contributed by atoms with van der Waals surface area (Å²) in [5, 5.41) is 13.3. The van der Waals surface area contributed by atoms with Crippen LogP contribution in [0, 0.1) is 17.0 Å². The Bertz CT molecular complexity index is 884. The van der Waals surface area contributed by atoms with Gasteiger partial charge in [0, 0.05) is 17.7 Å². The predicted octanol–water partition coefficient (Wildman–Crippen LogP) is 3.40. The Morgan fingerprint density at radius 2 is 1.78 bits per heavy atom. The van der Waals surface area contributed by atoms with Crippen LogP contribution in [0.3, 0.4) is 0 Å². The standard InChI is InChI=1S/C20H18N2O5/c1-3-12-27-20(24)18(13-15-6-10-17(11-7-15)22(25)26)21-19(23)16-8-4-14(2)5-9-16/h3-11,13H,1,12H2,2H3,(H,21,23). The first kappa shape index (κ1) is 19.6. The van der Waals surface area contributed by atoms with Crippen LogP contribution < -0.4 is 5.32 Å². The van der Waals surface area contributed by atoms with Crippen LogP contribution in [0.4, 0.5) is 5.69 Å². The highest BCUT2D eigenvalue weighted by Crippen LogP contribution is 2.15. The van der Waals surface area contributed by atoms with E-state index >= 15 is 0 Å². The average Bonchev–Trinajstić information content (AvgIpc) is 2.66. The van der Waals surface area contributed by atoms with Crippen LogP contribution >= 0.6 is 0 Å². The van der Waals surface area contributed by atoms with Gasteiger partial charge in [-0.25, -0.2) is 4.79 Å². The molecule has 2 aromatic carbocycles. The van der Waals surface area contributed by atoms with Crippen LogP contribution in [0.25, 0.3) is 6.08 Å². The van der Waals surface area contributed by atoms with Crippen molar-refractivity contribution in [2.45, 2.75) is 6.92 Å². The zero-order valence-electron chi connectivity index (χ0n) is 14.7. The lowest BCUT2D eigenvalue weighted by Crippen LogP contribution is -2.28. The molecule has 0 unspecified atom stereocenters. The van der Waals surface area contributed by atoms with Gasteiger partial charge in [0.05, 0.1) is 4.92 Å². The van der Waals surface area contributed by atoms with E-state index in [1.807, 2.05) is 6.92 Å². The summed E-state index contributed by atoms with van der Waals surface area (Å²) in [7, 11) is 0. The average molecular weight is 366 g/mol. The molecule has 0 saturated heterocycles. The molecule has 1 N–H and O–H groups in total. The van der Waals surface area contributed by atoms with E-state index in [0.29, 0.717) is 11.1 Å². The maximum atomic E-state index is 12.4. The summed E-state index contributed by atoms with van der Waals surface area (Å²) in [5.74, 6) is -1.22. The third kappa shape index (κ3) is 5.64. The zero-order valence-corrected chi connectivity index (χ0v) is 14.7. The van der Waals surface area contributed by atoms with Crippen LogP contribution in [0.1, 0.15) is 21.5 Å². The molecule has 138 valence electrons. The number of carbonyl (C=O) groups is 2. The van der Waals surface area contributed by atoms with Crippen molar-refractivity contribution >= 4 is 23.6 Å². The number of aryl methyl sites for hydroxylation is 1. The first-order chi connectivity index (χ1) is 12.9. The summed E-state index contributed by atoms with van der Waals surface area (Å²) < 4.78 is 5.00. The molecule has 0 atom stereocenters. The number of hydrogen-bond acceptors (Lipinski definition) is 5. The Morgan fingerprint density at radius 1 is 1.15 bits per heavy atom. The van der Waals surface area contributed by atoms with Gasteiger partial charge in [0.15, 0.2) is 0 Å². The maximum Gasteiger partial charge on any atom is 0.355 e. The van der Waals surface area contributed by atoms with Gasteiger partial charge in [-0.05, 0) is 42.8 Å². The second-order valence-electron chi connectivity index (χ2n) is 5.61. The minimum Gasteiger partial charge on any atom is -0.457 e. The third-order valence-corrected chi connectivity index (χ3v) is 3.53. The number of rotatable bonds is 7. The van der Waals surface area contributed by atoms with Gasteiger partial charge in [0.1, 0.15) is 12.3 Å². The Hall–Kier alpha value is -3.74. The number of hydrogen-bond donors (Lipinski definition) is 1. The van der Waals surface area contributed by atoms with E-state index in [-0.39, 0.29) is 18.0 Å². The van der Waals surface area contributed by atoms with Gasteiger partial charge in [-0.1, -0.05) is 30.4 Å². The Morgan fingerprint density at radius 3 is 2.33 bits per heavy atom. The fraction of sp³-hybridized carbons (Fsp3) is 0.100. The summed E-state index contributed by atoms with van der Waals surface area (Å²) in [5.41, 5.74) is 1.71. The van der Waals surface area contributed by atoms with Crippen LogP contribution in [0.15, 0.2) is 66.9 Å².